The number of rotatable bonds is 7. The van der Waals surface area contributed by atoms with Crippen molar-refractivity contribution in [1.29, 1.82) is 0 Å². The lowest BCUT2D eigenvalue weighted by molar-refractivity contribution is 0.365. The number of hydrogen-bond acceptors (Lipinski definition) is 4. The number of hydrogen-bond donors (Lipinski definition) is 1. The van der Waals surface area contributed by atoms with Crippen LogP contribution in [-0.4, -0.2) is 46.0 Å². The van der Waals surface area contributed by atoms with Crippen LogP contribution in [0.1, 0.15) is 38.2 Å². The fourth-order valence-electron chi connectivity index (χ4n) is 2.82. The largest absolute Gasteiger partial charge is 0.496 e. The van der Waals surface area contributed by atoms with Gasteiger partial charge in [-0.25, -0.2) is 8.42 Å². The molecule has 1 aliphatic rings. The van der Waals surface area contributed by atoms with Crippen molar-refractivity contribution in [2.24, 2.45) is 0 Å². The Kier molecular flexibility index (Phi) is 8.17. The molecule has 1 N–H and O–H groups in total. The number of benzene rings is 1. The second-order valence-corrected chi connectivity index (χ2v) is 8.05. The minimum atomic E-state index is -3.64. The first-order chi connectivity index (χ1) is 12.6. The van der Waals surface area contributed by atoms with E-state index < -0.39 is 10.0 Å². The summed E-state index contributed by atoms with van der Waals surface area (Å²) in [7, 11) is -2.09. The summed E-state index contributed by atoms with van der Waals surface area (Å²) in [6.07, 6.45) is 5.61. The van der Waals surface area contributed by atoms with Gasteiger partial charge in [-0.2, -0.15) is 4.31 Å². The molecule has 1 aliphatic heterocycles. The van der Waals surface area contributed by atoms with Gasteiger partial charge in [-0.05, 0) is 18.6 Å². The lowest BCUT2D eigenvalue weighted by Gasteiger charge is -2.27. The van der Waals surface area contributed by atoms with E-state index in [9.17, 15) is 8.42 Å². The van der Waals surface area contributed by atoms with Crippen LogP contribution in [0.4, 0.5) is 0 Å². The van der Waals surface area contributed by atoms with E-state index in [1.54, 1.807) is 19.2 Å². The SMILES string of the molecule is CCCCCC#C/C=C(/c1ccccc1OC)S(=O)(=O)N1CCNCC1. The Labute approximate surface area is 157 Å². The second-order valence-electron chi connectivity index (χ2n) is 6.14. The first kappa shape index (κ1) is 20.5. The van der Waals surface area contributed by atoms with Gasteiger partial charge in [-0.1, -0.05) is 43.7 Å². The maximum Gasteiger partial charge on any atom is 0.244 e. The Hall–Kier alpha value is -1.81. The molecule has 0 aromatic heterocycles. The molecule has 142 valence electrons. The van der Waals surface area contributed by atoms with Crippen molar-refractivity contribution in [3.05, 3.63) is 35.9 Å². The highest BCUT2D eigenvalue weighted by atomic mass is 32.2. The zero-order valence-corrected chi connectivity index (χ0v) is 16.4. The minimum absolute atomic E-state index is 0.208. The molecular formula is C20H28N2O3S. The van der Waals surface area contributed by atoms with Crippen LogP contribution in [-0.2, 0) is 10.0 Å². The first-order valence-corrected chi connectivity index (χ1v) is 10.6. The summed E-state index contributed by atoms with van der Waals surface area (Å²) in [5, 5.41) is 3.18. The summed E-state index contributed by atoms with van der Waals surface area (Å²) in [5.74, 6) is 6.55. The molecule has 0 unspecified atom stereocenters. The van der Waals surface area contributed by atoms with Crippen molar-refractivity contribution in [3.8, 4) is 17.6 Å². The lowest BCUT2D eigenvalue weighted by Crippen LogP contribution is -2.46. The molecule has 1 saturated heterocycles. The van der Waals surface area contributed by atoms with E-state index in [4.69, 9.17) is 4.74 Å². The third-order valence-electron chi connectivity index (χ3n) is 4.28. The highest BCUT2D eigenvalue weighted by molar-refractivity contribution is 7.98. The van der Waals surface area contributed by atoms with E-state index in [0.29, 0.717) is 37.5 Å². The number of ether oxygens (including phenoxy) is 1. The number of methoxy groups -OCH3 is 1. The maximum absolute atomic E-state index is 13.2. The molecule has 0 spiro atoms. The monoisotopic (exact) mass is 376 g/mol. The number of piperazine rings is 1. The van der Waals surface area contributed by atoms with Gasteiger partial charge in [0.1, 0.15) is 10.7 Å². The number of allylic oxidation sites excluding steroid dienone is 1. The molecule has 26 heavy (non-hydrogen) atoms. The quantitative estimate of drug-likeness (QED) is 0.587. The molecule has 2 rings (SSSR count). The fraction of sp³-hybridized carbons (Fsp3) is 0.500. The number of nitrogens with one attached hydrogen (secondary N) is 1. The van der Waals surface area contributed by atoms with Gasteiger partial charge in [0.2, 0.25) is 10.0 Å². The Bertz CT molecular complexity index is 770. The van der Waals surface area contributed by atoms with Crippen molar-refractivity contribution in [3.63, 3.8) is 0 Å². The Balaban J connectivity index is 2.38. The number of para-hydroxylation sites is 1. The summed E-state index contributed by atoms with van der Waals surface area (Å²) >= 11 is 0. The van der Waals surface area contributed by atoms with Crippen molar-refractivity contribution >= 4 is 14.9 Å². The van der Waals surface area contributed by atoms with Crippen molar-refractivity contribution < 1.29 is 13.2 Å². The summed E-state index contributed by atoms with van der Waals surface area (Å²) in [6, 6.07) is 7.18. The topological polar surface area (TPSA) is 58.6 Å². The molecule has 1 aromatic carbocycles. The van der Waals surface area contributed by atoms with Gasteiger partial charge in [-0.15, -0.1) is 0 Å². The van der Waals surface area contributed by atoms with Crippen LogP contribution < -0.4 is 10.1 Å². The molecule has 1 fully saturated rings. The molecule has 0 radical (unpaired) electrons. The van der Waals surface area contributed by atoms with Crippen molar-refractivity contribution in [1.82, 2.24) is 9.62 Å². The third kappa shape index (κ3) is 5.34. The predicted octanol–water partition coefficient (Wildman–Crippen LogP) is 2.85. The van der Waals surface area contributed by atoms with Crippen LogP contribution in [0.3, 0.4) is 0 Å². The van der Waals surface area contributed by atoms with Gasteiger partial charge in [0.05, 0.1) is 7.11 Å². The van der Waals surface area contributed by atoms with Crippen LogP contribution in [0.25, 0.3) is 4.91 Å². The zero-order chi connectivity index (χ0) is 18.8. The number of sulfonamides is 1. The van der Waals surface area contributed by atoms with Gasteiger partial charge in [0.25, 0.3) is 0 Å². The second kappa shape index (κ2) is 10.4. The lowest BCUT2D eigenvalue weighted by atomic mass is 10.2. The van der Waals surface area contributed by atoms with Crippen LogP contribution in [0.5, 0.6) is 5.75 Å². The number of unbranched alkanes of at least 4 members (excludes halogenated alkanes) is 3. The number of nitrogens with zero attached hydrogens (tertiary/aromatic N) is 1. The molecule has 6 heteroatoms. The van der Waals surface area contributed by atoms with Gasteiger partial charge in [0.15, 0.2) is 0 Å². The van der Waals surface area contributed by atoms with E-state index in [1.165, 1.54) is 10.4 Å². The van der Waals surface area contributed by atoms with E-state index in [0.717, 1.165) is 25.7 Å². The van der Waals surface area contributed by atoms with E-state index in [-0.39, 0.29) is 4.91 Å². The average Bonchev–Trinajstić information content (AvgIpc) is 2.68. The molecular weight excluding hydrogens is 348 g/mol. The van der Waals surface area contributed by atoms with Gasteiger partial charge in [-0.3, -0.25) is 0 Å². The summed E-state index contributed by atoms with van der Waals surface area (Å²) < 4.78 is 33.4. The smallest absolute Gasteiger partial charge is 0.244 e. The molecule has 0 amide bonds. The van der Waals surface area contributed by atoms with Gasteiger partial charge >= 0.3 is 0 Å². The molecule has 0 atom stereocenters. The van der Waals surface area contributed by atoms with E-state index in [2.05, 4.69) is 24.1 Å². The highest BCUT2D eigenvalue weighted by Gasteiger charge is 2.30. The predicted molar refractivity (Wildman–Crippen MR) is 106 cm³/mol. The highest BCUT2D eigenvalue weighted by Crippen LogP contribution is 2.31. The summed E-state index contributed by atoms with van der Waals surface area (Å²) in [4.78, 5) is 0.208. The Morgan fingerprint density at radius 1 is 1.27 bits per heavy atom. The third-order valence-corrected chi connectivity index (χ3v) is 6.22. The van der Waals surface area contributed by atoms with Crippen LogP contribution in [0.15, 0.2) is 30.3 Å². The fourth-order valence-corrected chi connectivity index (χ4v) is 4.41. The standard InChI is InChI=1S/C20H28N2O3S/c1-3-4-5-6-7-8-13-20(18-11-9-10-12-19(18)25-2)26(23,24)22-16-14-21-15-17-22/h9-13,21H,3-6,14-17H2,1-2H3/b20-13-. The molecule has 0 bridgehead atoms. The van der Waals surface area contributed by atoms with Crippen LogP contribution in [0, 0.1) is 11.8 Å². The van der Waals surface area contributed by atoms with E-state index >= 15 is 0 Å². The molecule has 1 heterocycles. The maximum atomic E-state index is 13.2. The summed E-state index contributed by atoms with van der Waals surface area (Å²) in [6.45, 7) is 4.37. The molecule has 0 aliphatic carbocycles. The average molecular weight is 377 g/mol. The first-order valence-electron chi connectivity index (χ1n) is 9.14. The van der Waals surface area contributed by atoms with Crippen LogP contribution >= 0.6 is 0 Å². The van der Waals surface area contributed by atoms with Crippen molar-refractivity contribution in [2.75, 3.05) is 33.3 Å². The van der Waals surface area contributed by atoms with Gasteiger partial charge in [0, 0.05) is 44.2 Å². The Morgan fingerprint density at radius 2 is 2.00 bits per heavy atom. The minimum Gasteiger partial charge on any atom is -0.496 e. The summed E-state index contributed by atoms with van der Waals surface area (Å²) in [5.41, 5.74) is 0.552. The normalized spacial score (nSPS) is 16.0. The Morgan fingerprint density at radius 3 is 2.69 bits per heavy atom. The van der Waals surface area contributed by atoms with E-state index in [1.807, 2.05) is 12.1 Å². The molecule has 1 aromatic rings. The van der Waals surface area contributed by atoms with Crippen molar-refractivity contribution in [2.45, 2.75) is 32.6 Å². The zero-order valence-electron chi connectivity index (χ0n) is 15.6. The van der Waals surface area contributed by atoms with Crippen LogP contribution in [0.2, 0.25) is 0 Å². The molecule has 0 saturated carbocycles. The molecule has 5 nitrogen and oxygen atoms in total. The van der Waals surface area contributed by atoms with Gasteiger partial charge < -0.3 is 10.1 Å².